The van der Waals surface area contributed by atoms with Crippen LogP contribution in [-0.4, -0.2) is 24.8 Å². The van der Waals surface area contributed by atoms with E-state index in [1.807, 2.05) is 0 Å². The van der Waals surface area contributed by atoms with E-state index >= 15 is 0 Å². The Labute approximate surface area is 155 Å². The first kappa shape index (κ1) is 19.3. The van der Waals surface area contributed by atoms with Gasteiger partial charge in [-0.2, -0.15) is 0 Å². The molecule has 26 heavy (non-hydrogen) atoms. The number of anilines is 3. The highest BCUT2D eigenvalue weighted by atomic mass is 35.5. The van der Waals surface area contributed by atoms with Crippen molar-refractivity contribution in [3.05, 3.63) is 47.5 Å². The summed E-state index contributed by atoms with van der Waals surface area (Å²) in [5.41, 5.74) is 1.48. The Morgan fingerprint density at radius 1 is 0.923 bits per heavy atom. The largest absolute Gasteiger partial charge is 0.495 e. The van der Waals surface area contributed by atoms with Crippen LogP contribution in [0.4, 0.5) is 17.1 Å². The predicted molar refractivity (Wildman–Crippen MR) is 101 cm³/mol. The Bertz CT molecular complexity index is 839. The lowest BCUT2D eigenvalue weighted by Gasteiger charge is -2.09. The molecule has 0 spiro atoms. The van der Waals surface area contributed by atoms with Gasteiger partial charge in [-0.1, -0.05) is 17.7 Å². The average Bonchev–Trinajstić information content (AvgIpc) is 2.54. The first-order chi connectivity index (χ1) is 12.4. The summed E-state index contributed by atoms with van der Waals surface area (Å²) in [6.07, 6.45) is -0.367. The van der Waals surface area contributed by atoms with E-state index in [1.165, 1.54) is 20.1 Å². The lowest BCUT2D eigenvalue weighted by atomic mass is 10.2. The number of methoxy groups -OCH3 is 1. The molecular formula is C18H18ClN3O4. The fourth-order valence-corrected chi connectivity index (χ4v) is 2.44. The monoisotopic (exact) mass is 375 g/mol. The van der Waals surface area contributed by atoms with E-state index in [0.717, 1.165) is 0 Å². The van der Waals surface area contributed by atoms with E-state index in [9.17, 15) is 14.4 Å². The van der Waals surface area contributed by atoms with Crippen molar-refractivity contribution in [2.75, 3.05) is 23.1 Å². The maximum atomic E-state index is 12.0. The molecule has 0 heterocycles. The van der Waals surface area contributed by atoms with Crippen molar-refractivity contribution < 1.29 is 19.1 Å². The molecule has 0 aliphatic rings. The Kier molecular flexibility index (Phi) is 6.57. The van der Waals surface area contributed by atoms with Crippen molar-refractivity contribution in [2.24, 2.45) is 0 Å². The molecule has 8 heteroatoms. The first-order valence-electron chi connectivity index (χ1n) is 7.68. The van der Waals surface area contributed by atoms with Crippen LogP contribution in [0.5, 0.6) is 5.75 Å². The second-order valence-electron chi connectivity index (χ2n) is 5.38. The predicted octanol–water partition coefficient (Wildman–Crippen LogP) is 3.27. The van der Waals surface area contributed by atoms with Crippen molar-refractivity contribution in [3.63, 3.8) is 0 Å². The Hall–Kier alpha value is -3.06. The number of hydrogen-bond acceptors (Lipinski definition) is 4. The summed E-state index contributed by atoms with van der Waals surface area (Å²) in [5, 5.41) is 8.16. The van der Waals surface area contributed by atoms with E-state index in [2.05, 4.69) is 16.0 Å². The number of nitrogens with one attached hydrogen (secondary N) is 3. The molecule has 0 saturated carbocycles. The topological polar surface area (TPSA) is 96.5 Å². The maximum absolute atomic E-state index is 12.0. The Morgan fingerprint density at radius 3 is 2.04 bits per heavy atom. The molecule has 3 amide bonds. The van der Waals surface area contributed by atoms with Gasteiger partial charge in [0, 0.05) is 24.0 Å². The van der Waals surface area contributed by atoms with Crippen LogP contribution in [-0.2, 0) is 14.4 Å². The number of ether oxygens (including phenoxy) is 1. The molecule has 0 bridgehead atoms. The molecule has 0 fully saturated rings. The van der Waals surface area contributed by atoms with Crippen molar-refractivity contribution >= 4 is 46.4 Å². The van der Waals surface area contributed by atoms with Gasteiger partial charge in [0.1, 0.15) is 12.2 Å². The van der Waals surface area contributed by atoms with Crippen LogP contribution in [0.3, 0.4) is 0 Å². The summed E-state index contributed by atoms with van der Waals surface area (Å²) in [5.74, 6) is -0.698. The molecule has 2 aromatic carbocycles. The van der Waals surface area contributed by atoms with Gasteiger partial charge in [-0.3, -0.25) is 14.4 Å². The van der Waals surface area contributed by atoms with E-state index in [-0.39, 0.29) is 12.3 Å². The second-order valence-corrected chi connectivity index (χ2v) is 5.79. The number of amides is 3. The standard InChI is InChI=1S/C18H18ClN3O4/c1-11(23)20-12-4-3-5-13(8-12)21-17(24)10-18(25)22-14-6-7-16(26-2)15(19)9-14/h3-9H,10H2,1-2H3,(H,20,23)(H,21,24)(H,22,25). The second kappa shape index (κ2) is 8.87. The zero-order chi connectivity index (χ0) is 19.1. The number of hydrogen-bond donors (Lipinski definition) is 3. The number of rotatable bonds is 6. The minimum Gasteiger partial charge on any atom is -0.495 e. The van der Waals surface area contributed by atoms with Crippen LogP contribution in [0.1, 0.15) is 13.3 Å². The summed E-state index contributed by atoms with van der Waals surface area (Å²) in [6, 6.07) is 11.4. The van der Waals surface area contributed by atoms with Gasteiger partial charge in [-0.05, 0) is 36.4 Å². The summed E-state index contributed by atoms with van der Waals surface area (Å²) in [6.45, 7) is 1.39. The van der Waals surface area contributed by atoms with Gasteiger partial charge < -0.3 is 20.7 Å². The molecule has 7 nitrogen and oxygen atoms in total. The van der Waals surface area contributed by atoms with Gasteiger partial charge in [0.2, 0.25) is 17.7 Å². The van der Waals surface area contributed by atoms with Crippen LogP contribution in [0.2, 0.25) is 5.02 Å². The lowest BCUT2D eigenvalue weighted by Crippen LogP contribution is -2.21. The number of carbonyl (C=O) groups is 3. The van der Waals surface area contributed by atoms with Crippen LogP contribution >= 0.6 is 11.6 Å². The zero-order valence-electron chi connectivity index (χ0n) is 14.3. The minimum atomic E-state index is -0.484. The van der Waals surface area contributed by atoms with Crippen molar-refractivity contribution in [1.82, 2.24) is 0 Å². The summed E-state index contributed by atoms with van der Waals surface area (Å²) >= 11 is 5.99. The highest BCUT2D eigenvalue weighted by molar-refractivity contribution is 6.32. The van der Waals surface area contributed by atoms with E-state index < -0.39 is 11.8 Å². The molecule has 0 atom stereocenters. The third kappa shape index (κ3) is 5.78. The van der Waals surface area contributed by atoms with Gasteiger partial charge in [-0.25, -0.2) is 0 Å². The SMILES string of the molecule is COc1ccc(NC(=O)CC(=O)Nc2cccc(NC(C)=O)c2)cc1Cl. The number of benzene rings is 2. The van der Waals surface area contributed by atoms with Gasteiger partial charge in [0.15, 0.2) is 0 Å². The molecule has 136 valence electrons. The molecular weight excluding hydrogens is 358 g/mol. The van der Waals surface area contributed by atoms with Crippen molar-refractivity contribution in [3.8, 4) is 5.75 Å². The van der Waals surface area contributed by atoms with Crippen LogP contribution in [0.25, 0.3) is 0 Å². The number of halogens is 1. The van der Waals surface area contributed by atoms with Crippen LogP contribution in [0, 0.1) is 0 Å². The molecule has 0 aliphatic heterocycles. The highest BCUT2D eigenvalue weighted by Crippen LogP contribution is 2.27. The van der Waals surface area contributed by atoms with Crippen molar-refractivity contribution in [2.45, 2.75) is 13.3 Å². The fraction of sp³-hybridized carbons (Fsp3) is 0.167. The first-order valence-corrected chi connectivity index (χ1v) is 8.06. The average molecular weight is 376 g/mol. The normalized spacial score (nSPS) is 9.96. The highest BCUT2D eigenvalue weighted by Gasteiger charge is 2.11. The van der Waals surface area contributed by atoms with Crippen LogP contribution < -0.4 is 20.7 Å². The molecule has 2 aromatic rings. The molecule has 0 unspecified atom stereocenters. The smallest absolute Gasteiger partial charge is 0.233 e. The summed E-state index contributed by atoms with van der Waals surface area (Å²) < 4.78 is 5.03. The molecule has 0 radical (unpaired) electrons. The van der Waals surface area contributed by atoms with Gasteiger partial charge in [-0.15, -0.1) is 0 Å². The van der Waals surface area contributed by atoms with E-state index in [1.54, 1.807) is 36.4 Å². The fourth-order valence-electron chi connectivity index (χ4n) is 2.18. The molecule has 0 saturated heterocycles. The number of carbonyl (C=O) groups excluding carboxylic acids is 3. The molecule has 3 N–H and O–H groups in total. The quantitative estimate of drug-likeness (QED) is 0.675. The minimum absolute atomic E-state index is 0.217. The Balaban J connectivity index is 1.92. The summed E-state index contributed by atoms with van der Waals surface area (Å²) in [4.78, 5) is 35.1. The third-order valence-electron chi connectivity index (χ3n) is 3.22. The lowest BCUT2D eigenvalue weighted by molar-refractivity contribution is -0.123. The molecule has 0 aliphatic carbocycles. The Morgan fingerprint density at radius 2 is 1.50 bits per heavy atom. The van der Waals surface area contributed by atoms with Gasteiger partial charge in [0.25, 0.3) is 0 Å². The van der Waals surface area contributed by atoms with Gasteiger partial charge >= 0.3 is 0 Å². The van der Waals surface area contributed by atoms with Gasteiger partial charge in [0.05, 0.1) is 12.1 Å². The zero-order valence-corrected chi connectivity index (χ0v) is 15.0. The third-order valence-corrected chi connectivity index (χ3v) is 3.52. The van der Waals surface area contributed by atoms with Crippen molar-refractivity contribution in [1.29, 1.82) is 0 Å². The summed E-state index contributed by atoms with van der Waals surface area (Å²) in [7, 11) is 1.49. The van der Waals surface area contributed by atoms with Crippen LogP contribution in [0.15, 0.2) is 42.5 Å². The maximum Gasteiger partial charge on any atom is 0.233 e. The van der Waals surface area contributed by atoms with E-state index in [4.69, 9.17) is 16.3 Å². The molecule has 0 aromatic heterocycles. The molecule has 2 rings (SSSR count). The van der Waals surface area contributed by atoms with E-state index in [0.29, 0.717) is 27.8 Å².